The monoisotopic (exact) mass is 240 g/mol. The van der Waals surface area contributed by atoms with Gasteiger partial charge in [-0.2, -0.15) is 0 Å². The maximum Gasteiger partial charge on any atom is 0.0732 e. The average Bonchev–Trinajstić information content (AvgIpc) is 2.28. The molecule has 0 unspecified atom stereocenters. The fourth-order valence-corrected chi connectivity index (χ4v) is 2.03. The van der Waals surface area contributed by atoms with Crippen molar-refractivity contribution < 1.29 is 0 Å². The van der Waals surface area contributed by atoms with Crippen molar-refractivity contribution in [2.75, 3.05) is 5.73 Å². The number of nitrogens with two attached hydrogens (primary N) is 1. The van der Waals surface area contributed by atoms with Gasteiger partial charge in [-0.05, 0) is 29.5 Å². The normalized spacial score (nSPS) is 11.6. The van der Waals surface area contributed by atoms with Crippen LogP contribution in [0.5, 0.6) is 0 Å². The van der Waals surface area contributed by atoms with E-state index in [1.807, 2.05) is 13.0 Å². The Balaban J connectivity index is 2.41. The van der Waals surface area contributed by atoms with Gasteiger partial charge in [0.1, 0.15) is 0 Å². The summed E-state index contributed by atoms with van der Waals surface area (Å²) in [5.74, 6) is 0. The summed E-state index contributed by atoms with van der Waals surface area (Å²) >= 11 is 0. The zero-order valence-corrected chi connectivity index (χ0v) is 11.5. The van der Waals surface area contributed by atoms with Gasteiger partial charge in [0, 0.05) is 5.56 Å². The van der Waals surface area contributed by atoms with Crippen LogP contribution in [0.2, 0.25) is 0 Å². The van der Waals surface area contributed by atoms with Crippen molar-refractivity contribution in [1.82, 2.24) is 4.98 Å². The molecular formula is C16H20N2. The molecule has 0 fully saturated rings. The van der Waals surface area contributed by atoms with E-state index in [9.17, 15) is 0 Å². The molecule has 2 rings (SSSR count). The first-order chi connectivity index (χ1) is 8.38. The molecule has 0 saturated carbocycles. The molecular weight excluding hydrogens is 220 g/mol. The van der Waals surface area contributed by atoms with Crippen LogP contribution >= 0.6 is 0 Å². The lowest BCUT2D eigenvalue weighted by atomic mass is 9.86. The summed E-state index contributed by atoms with van der Waals surface area (Å²) in [7, 11) is 0. The molecule has 2 heteroatoms. The van der Waals surface area contributed by atoms with E-state index in [0.29, 0.717) is 5.69 Å². The van der Waals surface area contributed by atoms with Gasteiger partial charge in [-0.25, -0.2) is 0 Å². The summed E-state index contributed by atoms with van der Waals surface area (Å²) in [6, 6.07) is 10.6. The highest BCUT2D eigenvalue weighted by atomic mass is 14.7. The number of hydrogen-bond donors (Lipinski definition) is 1. The van der Waals surface area contributed by atoms with Gasteiger partial charge in [0.05, 0.1) is 17.6 Å². The zero-order chi connectivity index (χ0) is 13.3. The second-order valence-corrected chi connectivity index (χ2v) is 5.76. The van der Waals surface area contributed by atoms with Gasteiger partial charge < -0.3 is 5.73 Å². The van der Waals surface area contributed by atoms with Crippen LogP contribution in [0.15, 0.2) is 36.5 Å². The highest BCUT2D eigenvalue weighted by Crippen LogP contribution is 2.27. The number of rotatable bonds is 1. The molecule has 1 heterocycles. The van der Waals surface area contributed by atoms with Gasteiger partial charge in [-0.3, -0.25) is 4.98 Å². The van der Waals surface area contributed by atoms with E-state index in [1.165, 1.54) is 5.56 Å². The molecule has 0 aliphatic heterocycles. The summed E-state index contributed by atoms with van der Waals surface area (Å²) in [5, 5.41) is 0. The van der Waals surface area contributed by atoms with E-state index in [2.05, 4.69) is 50.0 Å². The molecule has 0 bridgehead atoms. The molecule has 0 radical (unpaired) electrons. The van der Waals surface area contributed by atoms with Crippen molar-refractivity contribution in [3.05, 3.63) is 47.7 Å². The van der Waals surface area contributed by atoms with Crippen LogP contribution in [0.1, 0.15) is 31.9 Å². The van der Waals surface area contributed by atoms with Gasteiger partial charge in [-0.1, -0.05) is 45.0 Å². The lowest BCUT2D eigenvalue weighted by Crippen LogP contribution is -2.10. The molecule has 2 aromatic rings. The molecule has 0 atom stereocenters. The lowest BCUT2D eigenvalue weighted by Gasteiger charge is -2.19. The van der Waals surface area contributed by atoms with E-state index in [1.54, 1.807) is 6.20 Å². The summed E-state index contributed by atoms with van der Waals surface area (Å²) in [4.78, 5) is 4.41. The maximum absolute atomic E-state index is 5.72. The van der Waals surface area contributed by atoms with Crippen LogP contribution in [0.4, 0.5) is 5.69 Å². The van der Waals surface area contributed by atoms with Crippen molar-refractivity contribution in [3.63, 3.8) is 0 Å². The first-order valence-electron chi connectivity index (χ1n) is 6.21. The van der Waals surface area contributed by atoms with Crippen LogP contribution in [-0.4, -0.2) is 4.98 Å². The largest absolute Gasteiger partial charge is 0.397 e. The van der Waals surface area contributed by atoms with Crippen molar-refractivity contribution in [1.29, 1.82) is 0 Å². The molecule has 0 spiro atoms. The minimum atomic E-state index is 0.183. The number of benzene rings is 1. The molecule has 0 saturated heterocycles. The van der Waals surface area contributed by atoms with Crippen LogP contribution in [0.3, 0.4) is 0 Å². The standard InChI is InChI=1S/C16H20N2/c1-11-9-14(17)10-18-15(11)12-5-7-13(8-6-12)16(2,3)4/h5-10H,17H2,1-4H3. The topological polar surface area (TPSA) is 38.9 Å². The highest BCUT2D eigenvalue weighted by Gasteiger charge is 2.13. The van der Waals surface area contributed by atoms with E-state index in [0.717, 1.165) is 16.8 Å². The van der Waals surface area contributed by atoms with Gasteiger partial charge in [-0.15, -0.1) is 0 Å². The Labute approximate surface area is 109 Å². The first-order valence-corrected chi connectivity index (χ1v) is 6.21. The van der Waals surface area contributed by atoms with Crippen LogP contribution < -0.4 is 5.73 Å². The third kappa shape index (κ3) is 2.53. The van der Waals surface area contributed by atoms with Gasteiger partial charge in [0.15, 0.2) is 0 Å². The van der Waals surface area contributed by atoms with Crippen molar-refractivity contribution in [3.8, 4) is 11.3 Å². The summed E-state index contributed by atoms with van der Waals surface area (Å²) < 4.78 is 0. The Morgan fingerprint density at radius 2 is 1.67 bits per heavy atom. The molecule has 2 nitrogen and oxygen atoms in total. The van der Waals surface area contributed by atoms with Crippen LogP contribution in [0.25, 0.3) is 11.3 Å². The Bertz CT molecular complexity index is 548. The molecule has 1 aromatic carbocycles. The van der Waals surface area contributed by atoms with Crippen molar-refractivity contribution in [2.45, 2.75) is 33.1 Å². The minimum absolute atomic E-state index is 0.183. The maximum atomic E-state index is 5.72. The predicted octanol–water partition coefficient (Wildman–Crippen LogP) is 3.94. The summed E-state index contributed by atoms with van der Waals surface area (Å²) in [6.45, 7) is 8.69. The first kappa shape index (κ1) is 12.6. The quantitative estimate of drug-likeness (QED) is 0.820. The van der Waals surface area contributed by atoms with Crippen molar-refractivity contribution in [2.24, 2.45) is 0 Å². The van der Waals surface area contributed by atoms with Crippen molar-refractivity contribution >= 4 is 5.69 Å². The smallest absolute Gasteiger partial charge is 0.0732 e. The third-order valence-corrected chi connectivity index (χ3v) is 3.12. The molecule has 0 aliphatic carbocycles. The summed E-state index contributed by atoms with van der Waals surface area (Å²) in [5.41, 5.74) is 11.2. The van der Waals surface area contributed by atoms with Gasteiger partial charge >= 0.3 is 0 Å². The Hall–Kier alpha value is -1.83. The van der Waals surface area contributed by atoms with Crippen LogP contribution in [0, 0.1) is 6.92 Å². The van der Waals surface area contributed by atoms with Gasteiger partial charge in [0.25, 0.3) is 0 Å². The fraction of sp³-hybridized carbons (Fsp3) is 0.312. The number of nitrogens with zero attached hydrogens (tertiary/aromatic N) is 1. The zero-order valence-electron chi connectivity index (χ0n) is 11.5. The van der Waals surface area contributed by atoms with E-state index in [4.69, 9.17) is 5.73 Å². The lowest BCUT2D eigenvalue weighted by molar-refractivity contribution is 0.590. The van der Waals surface area contributed by atoms with E-state index in [-0.39, 0.29) is 5.41 Å². The Kier molecular flexibility index (Phi) is 3.12. The Morgan fingerprint density at radius 1 is 1.06 bits per heavy atom. The van der Waals surface area contributed by atoms with Crippen LogP contribution in [-0.2, 0) is 5.41 Å². The number of nitrogen functional groups attached to an aromatic ring is 1. The SMILES string of the molecule is Cc1cc(N)cnc1-c1ccc(C(C)(C)C)cc1. The molecule has 94 valence electrons. The Morgan fingerprint density at radius 3 is 2.17 bits per heavy atom. The molecule has 1 aromatic heterocycles. The second kappa shape index (κ2) is 4.45. The summed E-state index contributed by atoms with van der Waals surface area (Å²) in [6.07, 6.45) is 1.71. The number of pyridine rings is 1. The fourth-order valence-electron chi connectivity index (χ4n) is 2.03. The van der Waals surface area contributed by atoms with Gasteiger partial charge in [0.2, 0.25) is 0 Å². The molecule has 18 heavy (non-hydrogen) atoms. The molecule has 0 amide bonds. The van der Waals surface area contributed by atoms with E-state index >= 15 is 0 Å². The highest BCUT2D eigenvalue weighted by molar-refractivity contribution is 5.65. The molecule has 2 N–H and O–H groups in total. The molecule has 0 aliphatic rings. The van der Waals surface area contributed by atoms with E-state index < -0.39 is 0 Å². The average molecular weight is 240 g/mol. The number of aromatic nitrogens is 1. The third-order valence-electron chi connectivity index (χ3n) is 3.12. The second-order valence-electron chi connectivity index (χ2n) is 5.76. The number of hydrogen-bond acceptors (Lipinski definition) is 2. The predicted molar refractivity (Wildman–Crippen MR) is 77.5 cm³/mol. The number of anilines is 1. The minimum Gasteiger partial charge on any atom is -0.397 e. The number of aryl methyl sites for hydroxylation is 1.